The number of hydrogen-bond donors (Lipinski definition) is 2. The van der Waals surface area contributed by atoms with Crippen LogP contribution < -0.4 is 5.73 Å². The molecule has 0 heterocycles. The Hall–Kier alpha value is -0.940. The molecule has 3 nitrogen and oxygen atoms in total. The van der Waals surface area contributed by atoms with Crippen molar-refractivity contribution in [3.8, 4) is 0 Å². The SMILES string of the molecule is CC(O)CS(=O)c1ccc(N)c(F)c1. The Balaban J connectivity index is 2.86. The molecule has 0 spiro atoms. The maximum atomic E-state index is 13.0. The average molecular weight is 217 g/mol. The highest BCUT2D eigenvalue weighted by Gasteiger charge is 2.09. The molecule has 0 radical (unpaired) electrons. The van der Waals surface area contributed by atoms with Crippen molar-refractivity contribution in [1.29, 1.82) is 0 Å². The van der Waals surface area contributed by atoms with Crippen LogP contribution in [-0.2, 0) is 10.8 Å². The summed E-state index contributed by atoms with van der Waals surface area (Å²) in [5, 5.41) is 9.00. The summed E-state index contributed by atoms with van der Waals surface area (Å²) in [5.74, 6) is -0.481. The number of anilines is 1. The summed E-state index contributed by atoms with van der Waals surface area (Å²) in [7, 11) is -1.38. The summed E-state index contributed by atoms with van der Waals surface area (Å²) in [6.07, 6.45) is -0.670. The number of aliphatic hydroxyl groups excluding tert-OH is 1. The topological polar surface area (TPSA) is 63.3 Å². The van der Waals surface area contributed by atoms with Crippen LogP contribution in [0.5, 0.6) is 0 Å². The first-order valence-corrected chi connectivity index (χ1v) is 5.44. The van der Waals surface area contributed by atoms with E-state index >= 15 is 0 Å². The first-order valence-electron chi connectivity index (χ1n) is 4.12. The monoisotopic (exact) mass is 217 g/mol. The van der Waals surface area contributed by atoms with E-state index in [1.54, 1.807) is 0 Å². The molecule has 0 saturated heterocycles. The lowest BCUT2D eigenvalue weighted by molar-refractivity contribution is 0.219. The molecule has 2 atom stereocenters. The highest BCUT2D eigenvalue weighted by molar-refractivity contribution is 7.85. The molecule has 1 aromatic carbocycles. The molecule has 0 aromatic heterocycles. The van der Waals surface area contributed by atoms with Crippen LogP contribution in [-0.4, -0.2) is 21.2 Å². The molecule has 0 amide bonds. The molecule has 0 bridgehead atoms. The van der Waals surface area contributed by atoms with Crippen LogP contribution in [0.15, 0.2) is 23.1 Å². The second kappa shape index (κ2) is 4.52. The van der Waals surface area contributed by atoms with E-state index in [0.29, 0.717) is 4.90 Å². The number of hydrogen-bond acceptors (Lipinski definition) is 3. The molecule has 0 saturated carbocycles. The van der Waals surface area contributed by atoms with Crippen molar-refractivity contribution in [2.45, 2.75) is 17.9 Å². The molecule has 5 heteroatoms. The second-order valence-electron chi connectivity index (χ2n) is 3.04. The molecule has 78 valence electrons. The Labute approximate surface area is 84.2 Å². The number of halogens is 1. The Morgan fingerprint density at radius 3 is 2.79 bits per heavy atom. The maximum Gasteiger partial charge on any atom is 0.147 e. The number of benzene rings is 1. The number of nitrogens with two attached hydrogens (primary N) is 1. The lowest BCUT2D eigenvalue weighted by Gasteiger charge is -2.05. The highest BCUT2D eigenvalue weighted by atomic mass is 32.2. The lowest BCUT2D eigenvalue weighted by atomic mass is 10.3. The Morgan fingerprint density at radius 2 is 2.29 bits per heavy atom. The van der Waals surface area contributed by atoms with Crippen LogP contribution in [0.2, 0.25) is 0 Å². The molecule has 0 aliphatic carbocycles. The van der Waals surface area contributed by atoms with Crippen LogP contribution in [0.25, 0.3) is 0 Å². The predicted octanol–water partition coefficient (Wildman–Crippen LogP) is 0.896. The zero-order chi connectivity index (χ0) is 10.7. The minimum Gasteiger partial charge on any atom is -0.396 e. The van der Waals surface area contributed by atoms with Crippen LogP contribution in [0.4, 0.5) is 10.1 Å². The highest BCUT2D eigenvalue weighted by Crippen LogP contribution is 2.15. The largest absolute Gasteiger partial charge is 0.396 e. The maximum absolute atomic E-state index is 13.0. The van der Waals surface area contributed by atoms with Gasteiger partial charge in [0, 0.05) is 4.90 Å². The van der Waals surface area contributed by atoms with Gasteiger partial charge in [-0.05, 0) is 25.1 Å². The molecule has 1 aromatic rings. The van der Waals surface area contributed by atoms with Gasteiger partial charge in [0.1, 0.15) is 5.82 Å². The van der Waals surface area contributed by atoms with Gasteiger partial charge in [-0.1, -0.05) is 0 Å². The van der Waals surface area contributed by atoms with Gasteiger partial charge in [0.25, 0.3) is 0 Å². The van der Waals surface area contributed by atoms with E-state index in [4.69, 9.17) is 10.8 Å². The summed E-state index contributed by atoms with van der Waals surface area (Å²) in [6.45, 7) is 1.53. The first-order chi connectivity index (χ1) is 6.50. The zero-order valence-corrected chi connectivity index (χ0v) is 8.55. The third kappa shape index (κ3) is 2.78. The fraction of sp³-hybridized carbons (Fsp3) is 0.333. The van der Waals surface area contributed by atoms with Crippen LogP contribution in [0.1, 0.15) is 6.92 Å². The molecule has 0 aliphatic rings. The molecule has 1 rings (SSSR count). The molecular weight excluding hydrogens is 205 g/mol. The fourth-order valence-electron chi connectivity index (χ4n) is 0.965. The third-order valence-corrected chi connectivity index (χ3v) is 3.19. The normalized spacial score (nSPS) is 15.1. The van der Waals surface area contributed by atoms with Crippen LogP contribution >= 0.6 is 0 Å². The van der Waals surface area contributed by atoms with Gasteiger partial charge in [0.05, 0.1) is 28.3 Å². The van der Waals surface area contributed by atoms with Gasteiger partial charge in [0.2, 0.25) is 0 Å². The quantitative estimate of drug-likeness (QED) is 0.739. The minimum absolute atomic E-state index is 0.0304. The Kier molecular flexibility index (Phi) is 3.60. The van der Waals surface area contributed by atoms with Gasteiger partial charge in [-0.2, -0.15) is 0 Å². The van der Waals surface area contributed by atoms with Gasteiger partial charge in [0.15, 0.2) is 0 Å². The molecule has 0 aliphatic heterocycles. The third-order valence-electron chi connectivity index (χ3n) is 1.63. The van der Waals surface area contributed by atoms with Crippen LogP contribution in [0, 0.1) is 5.82 Å². The van der Waals surface area contributed by atoms with Crippen molar-refractivity contribution >= 4 is 16.5 Å². The number of nitrogen functional groups attached to an aromatic ring is 1. The van der Waals surface area contributed by atoms with E-state index < -0.39 is 22.7 Å². The molecular formula is C9H12FNO2S. The number of aliphatic hydroxyl groups is 1. The standard InChI is InChI=1S/C9H12FNO2S/c1-6(12)5-14(13)7-2-3-9(11)8(10)4-7/h2-4,6,12H,5,11H2,1H3. The zero-order valence-electron chi connectivity index (χ0n) is 7.74. The summed E-state index contributed by atoms with van der Waals surface area (Å²) < 4.78 is 24.4. The van der Waals surface area contributed by atoms with Gasteiger partial charge in [-0.3, -0.25) is 4.21 Å². The van der Waals surface area contributed by atoms with E-state index in [2.05, 4.69) is 0 Å². The van der Waals surface area contributed by atoms with Gasteiger partial charge < -0.3 is 10.8 Å². The predicted molar refractivity (Wildman–Crippen MR) is 53.8 cm³/mol. The summed E-state index contributed by atoms with van der Waals surface area (Å²) in [6, 6.07) is 4.00. The second-order valence-corrected chi connectivity index (χ2v) is 4.54. The smallest absolute Gasteiger partial charge is 0.147 e. The average Bonchev–Trinajstić information content (AvgIpc) is 2.08. The van der Waals surface area contributed by atoms with E-state index in [-0.39, 0.29) is 11.4 Å². The van der Waals surface area contributed by atoms with Crippen molar-refractivity contribution in [2.24, 2.45) is 0 Å². The Bertz CT molecular complexity index is 355. The molecule has 14 heavy (non-hydrogen) atoms. The van der Waals surface area contributed by atoms with Crippen LogP contribution in [0.3, 0.4) is 0 Å². The van der Waals surface area contributed by atoms with E-state index in [9.17, 15) is 8.60 Å². The van der Waals surface area contributed by atoms with E-state index in [1.807, 2.05) is 0 Å². The minimum atomic E-state index is -1.38. The van der Waals surface area contributed by atoms with Gasteiger partial charge >= 0.3 is 0 Å². The van der Waals surface area contributed by atoms with Gasteiger partial charge in [-0.15, -0.1) is 0 Å². The molecule has 3 N–H and O–H groups in total. The first kappa shape index (κ1) is 11.1. The van der Waals surface area contributed by atoms with Crippen molar-refractivity contribution in [3.05, 3.63) is 24.0 Å². The van der Waals surface area contributed by atoms with Crippen molar-refractivity contribution in [3.63, 3.8) is 0 Å². The van der Waals surface area contributed by atoms with E-state index in [0.717, 1.165) is 6.07 Å². The van der Waals surface area contributed by atoms with Crippen molar-refractivity contribution in [1.82, 2.24) is 0 Å². The summed E-state index contributed by atoms with van der Waals surface area (Å²) in [5.41, 5.74) is 5.30. The molecule has 2 unspecified atom stereocenters. The fourth-order valence-corrected chi connectivity index (χ4v) is 2.05. The summed E-state index contributed by atoms with van der Waals surface area (Å²) >= 11 is 0. The number of rotatable bonds is 3. The molecule has 0 fully saturated rings. The Morgan fingerprint density at radius 1 is 1.64 bits per heavy atom. The van der Waals surface area contributed by atoms with Crippen molar-refractivity contribution < 1.29 is 13.7 Å². The summed E-state index contributed by atoms with van der Waals surface area (Å²) in [4.78, 5) is 0.345. The van der Waals surface area contributed by atoms with Crippen molar-refractivity contribution in [2.75, 3.05) is 11.5 Å². The lowest BCUT2D eigenvalue weighted by Crippen LogP contribution is -2.12. The van der Waals surface area contributed by atoms with Gasteiger partial charge in [-0.25, -0.2) is 4.39 Å². The van der Waals surface area contributed by atoms with E-state index in [1.165, 1.54) is 19.1 Å².